The predicted octanol–water partition coefficient (Wildman–Crippen LogP) is 4.54. The number of nitrogens with zero attached hydrogens (tertiary/aromatic N) is 2. The van der Waals surface area contributed by atoms with Gasteiger partial charge < -0.3 is 25.0 Å². The Hall–Kier alpha value is -3.47. The Labute approximate surface area is 232 Å². The number of amides is 1. The lowest BCUT2D eigenvalue weighted by molar-refractivity contribution is -0.269. The third-order valence-corrected chi connectivity index (χ3v) is 6.57. The number of hydrogen-bond donors (Lipinski definition) is 3. The molecule has 0 aliphatic heterocycles. The zero-order chi connectivity index (χ0) is 31.2. The van der Waals surface area contributed by atoms with Crippen LogP contribution in [0.25, 0.3) is 0 Å². The molecular formula is C24H27F6N3O7S. The molecule has 1 aromatic heterocycles. The molecule has 0 bridgehead atoms. The highest BCUT2D eigenvalue weighted by atomic mass is 32.2. The predicted molar refractivity (Wildman–Crippen MR) is 131 cm³/mol. The number of aliphatic hydroxyl groups is 1. The number of carbonyl (C=O) groups is 2. The van der Waals surface area contributed by atoms with Gasteiger partial charge in [0.15, 0.2) is 0 Å². The summed E-state index contributed by atoms with van der Waals surface area (Å²) in [6.45, 7) is 4.63. The summed E-state index contributed by atoms with van der Waals surface area (Å²) in [5, 5.41) is 21.8. The van der Waals surface area contributed by atoms with E-state index in [0.29, 0.717) is 18.5 Å². The lowest BCUT2D eigenvalue weighted by Gasteiger charge is -2.29. The number of aliphatic carboxylic acids is 1. The SMILES string of the molecule is CC(C)(C)OC(=O)NC(CCS(=O)CCC(O)(c1cnc(Oc2cccc(C(F)(F)F)c2)cn1)C(F)(F)F)C(=O)O. The molecule has 3 unspecified atom stereocenters. The quantitative estimate of drug-likeness (QED) is 0.310. The Morgan fingerprint density at radius 3 is 2.22 bits per heavy atom. The van der Waals surface area contributed by atoms with E-state index in [2.05, 4.69) is 15.3 Å². The van der Waals surface area contributed by atoms with Crippen LogP contribution in [0, 0.1) is 0 Å². The van der Waals surface area contributed by atoms with Crippen LogP contribution in [-0.2, 0) is 32.1 Å². The minimum absolute atomic E-state index is 0.316. The largest absolute Gasteiger partial charge is 0.480 e. The maximum absolute atomic E-state index is 13.8. The standard InChI is InChI=1S/C24H27F6N3O7S/c1-21(2,3)40-20(36)33-16(19(34)35)7-9-41(38)10-8-22(37,24(28,29)30)17-12-32-18(13-31-17)39-15-6-4-5-14(11-15)23(25,26)27/h4-6,11-13,16,37H,7-10H2,1-3H3,(H,33,36)(H,34,35). The first-order valence-electron chi connectivity index (χ1n) is 11.8. The first-order valence-corrected chi connectivity index (χ1v) is 13.2. The van der Waals surface area contributed by atoms with Gasteiger partial charge in [0.25, 0.3) is 0 Å². The van der Waals surface area contributed by atoms with Crippen molar-refractivity contribution in [3.8, 4) is 11.6 Å². The van der Waals surface area contributed by atoms with Crippen molar-refractivity contribution in [3.05, 3.63) is 47.9 Å². The lowest BCUT2D eigenvalue weighted by Crippen LogP contribution is -2.45. The van der Waals surface area contributed by atoms with Gasteiger partial charge in [-0.15, -0.1) is 0 Å². The summed E-state index contributed by atoms with van der Waals surface area (Å²) in [4.78, 5) is 30.3. The zero-order valence-electron chi connectivity index (χ0n) is 21.9. The van der Waals surface area contributed by atoms with E-state index >= 15 is 0 Å². The molecule has 17 heteroatoms. The molecule has 10 nitrogen and oxygen atoms in total. The Balaban J connectivity index is 2.07. The fraction of sp³-hybridized carbons (Fsp3) is 0.500. The summed E-state index contributed by atoms with van der Waals surface area (Å²) in [7, 11) is -2.07. The Kier molecular flexibility index (Phi) is 10.7. The van der Waals surface area contributed by atoms with Crippen molar-refractivity contribution in [3.63, 3.8) is 0 Å². The van der Waals surface area contributed by atoms with Crippen molar-refractivity contribution < 1.29 is 59.8 Å². The Bertz CT molecular complexity index is 1240. The maximum Gasteiger partial charge on any atom is 0.423 e. The number of carbonyl (C=O) groups excluding carboxylic acids is 1. The van der Waals surface area contributed by atoms with Gasteiger partial charge in [-0.05, 0) is 45.4 Å². The Morgan fingerprint density at radius 2 is 1.71 bits per heavy atom. The molecule has 3 N–H and O–H groups in total. The second-order valence-corrected chi connectivity index (χ2v) is 11.3. The van der Waals surface area contributed by atoms with Crippen LogP contribution in [0.2, 0.25) is 0 Å². The highest BCUT2D eigenvalue weighted by Crippen LogP contribution is 2.41. The van der Waals surface area contributed by atoms with Crippen LogP contribution in [0.15, 0.2) is 36.7 Å². The molecule has 0 fully saturated rings. The number of alkyl carbamates (subject to hydrolysis) is 1. The maximum atomic E-state index is 13.8. The smallest absolute Gasteiger partial charge is 0.423 e. The zero-order valence-corrected chi connectivity index (χ0v) is 22.7. The van der Waals surface area contributed by atoms with Gasteiger partial charge in [0.1, 0.15) is 17.4 Å². The minimum Gasteiger partial charge on any atom is -0.480 e. The van der Waals surface area contributed by atoms with Gasteiger partial charge in [-0.25, -0.2) is 14.6 Å². The molecule has 2 rings (SSSR count). The van der Waals surface area contributed by atoms with Crippen LogP contribution in [0.5, 0.6) is 11.6 Å². The van der Waals surface area contributed by atoms with E-state index in [1.54, 1.807) is 20.8 Å². The molecule has 1 aromatic carbocycles. The van der Waals surface area contributed by atoms with E-state index in [1.807, 2.05) is 0 Å². The van der Waals surface area contributed by atoms with Gasteiger partial charge in [-0.1, -0.05) is 6.07 Å². The normalized spacial score (nSPS) is 15.4. The van der Waals surface area contributed by atoms with Crippen LogP contribution in [0.4, 0.5) is 31.1 Å². The molecule has 1 heterocycles. The molecular weight excluding hydrogens is 588 g/mol. The van der Waals surface area contributed by atoms with Gasteiger partial charge in [0.05, 0.1) is 23.7 Å². The third kappa shape index (κ3) is 10.1. The van der Waals surface area contributed by atoms with Gasteiger partial charge in [0.2, 0.25) is 11.5 Å². The van der Waals surface area contributed by atoms with Gasteiger partial charge in [-0.3, -0.25) is 9.19 Å². The van der Waals surface area contributed by atoms with Gasteiger partial charge in [-0.2, -0.15) is 26.3 Å². The number of rotatable bonds is 11. The second-order valence-electron chi connectivity index (χ2n) is 9.65. The van der Waals surface area contributed by atoms with Crippen LogP contribution < -0.4 is 10.1 Å². The van der Waals surface area contributed by atoms with E-state index < -0.39 is 93.9 Å². The monoisotopic (exact) mass is 615 g/mol. The summed E-state index contributed by atoms with van der Waals surface area (Å²) in [5.41, 5.74) is -6.57. The molecule has 1 amide bonds. The van der Waals surface area contributed by atoms with Crippen LogP contribution in [0.1, 0.15) is 44.9 Å². The fourth-order valence-corrected chi connectivity index (χ4v) is 4.40. The summed E-state index contributed by atoms with van der Waals surface area (Å²) < 4.78 is 103. The number of ether oxygens (including phenoxy) is 2. The number of aromatic nitrogens is 2. The molecule has 0 saturated heterocycles. The molecule has 0 radical (unpaired) electrons. The molecule has 0 aliphatic rings. The lowest BCUT2D eigenvalue weighted by atomic mass is 9.96. The van der Waals surface area contributed by atoms with Crippen LogP contribution in [-0.4, -0.2) is 65.8 Å². The summed E-state index contributed by atoms with van der Waals surface area (Å²) in [5.74, 6) is -3.43. The van der Waals surface area contributed by atoms with Crippen molar-refractivity contribution in [2.75, 3.05) is 11.5 Å². The highest BCUT2D eigenvalue weighted by molar-refractivity contribution is 7.84. The van der Waals surface area contributed by atoms with Gasteiger partial charge >= 0.3 is 24.4 Å². The molecule has 0 saturated carbocycles. The number of carboxylic acid groups (broad SMARTS) is 1. The van der Waals surface area contributed by atoms with E-state index in [4.69, 9.17) is 9.47 Å². The highest BCUT2D eigenvalue weighted by Gasteiger charge is 2.56. The average Bonchev–Trinajstić information content (AvgIpc) is 2.83. The number of benzene rings is 1. The average molecular weight is 616 g/mol. The molecule has 0 aliphatic carbocycles. The number of alkyl halides is 6. The topological polar surface area (TPSA) is 148 Å². The summed E-state index contributed by atoms with van der Waals surface area (Å²) in [6, 6.07) is 2.10. The number of carboxylic acids is 1. The molecule has 3 atom stereocenters. The first kappa shape index (κ1) is 33.7. The van der Waals surface area contributed by atoms with Crippen molar-refractivity contribution >= 4 is 22.9 Å². The number of hydrogen-bond acceptors (Lipinski definition) is 8. The summed E-state index contributed by atoms with van der Waals surface area (Å²) >= 11 is 0. The first-order chi connectivity index (χ1) is 18.7. The Morgan fingerprint density at radius 1 is 1.05 bits per heavy atom. The van der Waals surface area contributed by atoms with Crippen molar-refractivity contribution in [1.29, 1.82) is 0 Å². The third-order valence-electron chi connectivity index (χ3n) is 5.22. The van der Waals surface area contributed by atoms with E-state index in [9.17, 15) is 50.4 Å². The molecule has 0 spiro atoms. The summed E-state index contributed by atoms with van der Waals surface area (Å²) in [6.07, 6.45) is -11.4. The second kappa shape index (κ2) is 13.0. The molecule has 41 heavy (non-hydrogen) atoms. The van der Waals surface area contributed by atoms with Crippen molar-refractivity contribution in [2.45, 2.75) is 63.2 Å². The van der Waals surface area contributed by atoms with Crippen molar-refractivity contribution in [1.82, 2.24) is 15.3 Å². The fourth-order valence-electron chi connectivity index (χ4n) is 3.17. The number of nitrogens with one attached hydrogen (secondary N) is 1. The van der Waals surface area contributed by atoms with Crippen molar-refractivity contribution in [2.24, 2.45) is 0 Å². The number of halogens is 6. The van der Waals surface area contributed by atoms with Crippen LogP contribution >= 0.6 is 0 Å². The van der Waals surface area contributed by atoms with Gasteiger partial charge in [0, 0.05) is 28.7 Å². The van der Waals surface area contributed by atoms with E-state index in [1.165, 1.54) is 0 Å². The van der Waals surface area contributed by atoms with E-state index in [-0.39, 0.29) is 5.75 Å². The van der Waals surface area contributed by atoms with E-state index in [0.717, 1.165) is 18.2 Å². The van der Waals surface area contributed by atoms with Crippen LogP contribution in [0.3, 0.4) is 0 Å². The molecule has 228 valence electrons. The minimum atomic E-state index is -5.31. The molecule has 2 aromatic rings.